The van der Waals surface area contributed by atoms with Gasteiger partial charge in [-0.1, -0.05) is 113 Å². The summed E-state index contributed by atoms with van der Waals surface area (Å²) in [5, 5.41) is 38.4. The third-order valence-electron chi connectivity index (χ3n) is 13.4. The number of nitrogens with zero attached hydrogens (tertiary/aromatic N) is 1. The summed E-state index contributed by atoms with van der Waals surface area (Å²) >= 11 is 0. The van der Waals surface area contributed by atoms with Crippen LogP contribution in [0.2, 0.25) is 0 Å². The smallest absolute Gasteiger partial charge is 0.246 e. The number of rotatable bonds is 38. The fourth-order valence-corrected chi connectivity index (χ4v) is 8.21. The Hall–Kier alpha value is -5.64. The van der Waals surface area contributed by atoms with E-state index in [1.807, 2.05) is 67.5 Å². The van der Waals surface area contributed by atoms with Crippen LogP contribution in [-0.4, -0.2) is 155 Å². The number of aliphatic hydroxyl groups is 1. The molecule has 0 saturated heterocycles. The monoisotopic (exact) mass is 1130 g/mol. The summed E-state index contributed by atoms with van der Waals surface area (Å²) in [5.41, 5.74) is -4.82. The minimum atomic E-state index is -1.76. The van der Waals surface area contributed by atoms with Gasteiger partial charge in [0.25, 0.3) is 0 Å². The van der Waals surface area contributed by atoms with Crippen LogP contribution in [0.15, 0.2) is 12.2 Å². The molecule has 0 aromatic carbocycles. The predicted molar refractivity (Wildman–Crippen MR) is 312 cm³/mol. The molecule has 0 aliphatic rings. The average Bonchev–Trinajstić information content (AvgIpc) is 3.33. The van der Waals surface area contributed by atoms with Gasteiger partial charge in [0.15, 0.2) is 0 Å². The average molecular weight is 1130 g/mol. The third-order valence-corrected chi connectivity index (χ3v) is 13.4. The lowest BCUT2D eigenvalue weighted by Crippen LogP contribution is -2.66. The number of hydrogen-bond donors (Lipinski definition) is 11. The van der Waals surface area contributed by atoms with Gasteiger partial charge < -0.3 is 63.2 Å². The predicted octanol–water partition coefficient (Wildman–Crippen LogP) is 3.15. The van der Waals surface area contributed by atoms with Crippen molar-refractivity contribution in [3.63, 3.8) is 0 Å². The van der Waals surface area contributed by atoms with Crippen LogP contribution in [-0.2, 0) is 47.9 Å². The van der Waals surface area contributed by atoms with Gasteiger partial charge in [0, 0.05) is 25.6 Å². The normalized spacial score (nSPS) is 15.2. The highest BCUT2D eigenvalue weighted by molar-refractivity contribution is 6.00. The Morgan fingerprint density at radius 1 is 0.537 bits per heavy atom. The van der Waals surface area contributed by atoms with Gasteiger partial charge in [-0.15, -0.1) is 0 Å². The van der Waals surface area contributed by atoms with E-state index < -0.39 is 112 Å². The second-order valence-electron chi connectivity index (χ2n) is 24.7. The first kappa shape index (κ1) is 74.4. The number of likely N-dealkylation sites (N-methyl/N-ethyl adjacent to an activating group) is 1. The molecule has 0 rings (SSSR count). The lowest BCUT2D eigenvalue weighted by Gasteiger charge is -2.34. The van der Waals surface area contributed by atoms with Crippen LogP contribution in [0.5, 0.6) is 0 Å². The van der Waals surface area contributed by atoms with Crippen molar-refractivity contribution in [2.75, 3.05) is 27.2 Å². The van der Waals surface area contributed by atoms with Gasteiger partial charge in [-0.05, 0) is 118 Å². The number of nitrogens with one attached hydrogen (secondary N) is 10. The molecule has 10 amide bonds. The lowest BCUT2D eigenvalue weighted by atomic mass is 9.95. The van der Waals surface area contributed by atoms with Crippen LogP contribution in [0.25, 0.3) is 0 Å². The number of unbranched alkanes of at least 4 members (excludes halogenated alkanes) is 5. The van der Waals surface area contributed by atoms with Gasteiger partial charge in [-0.3, -0.25) is 47.9 Å². The zero-order chi connectivity index (χ0) is 61.9. The molecule has 0 fully saturated rings. The topological polar surface area (TPSA) is 314 Å². The molecule has 0 saturated carbocycles. The van der Waals surface area contributed by atoms with Gasteiger partial charge in [-0.25, -0.2) is 0 Å². The second kappa shape index (κ2) is 36.0. The van der Waals surface area contributed by atoms with Crippen molar-refractivity contribution in [2.24, 2.45) is 23.7 Å². The molecule has 22 heteroatoms. The van der Waals surface area contributed by atoms with Crippen molar-refractivity contribution in [1.29, 1.82) is 0 Å². The Morgan fingerprint density at radius 3 is 1.57 bits per heavy atom. The Bertz CT molecular complexity index is 2060. The molecule has 8 unspecified atom stereocenters. The van der Waals surface area contributed by atoms with Crippen LogP contribution < -0.4 is 53.2 Å². The van der Waals surface area contributed by atoms with Crippen molar-refractivity contribution in [3.05, 3.63) is 12.2 Å². The van der Waals surface area contributed by atoms with Crippen molar-refractivity contribution >= 4 is 59.1 Å². The first-order valence-electron chi connectivity index (χ1n) is 29.0. The molecule has 0 bridgehead atoms. The second-order valence-corrected chi connectivity index (χ2v) is 24.7. The number of allylic oxidation sites excluding steroid dienone is 1. The molecule has 0 aliphatic heterocycles. The zero-order valence-corrected chi connectivity index (χ0v) is 52.2. The maximum absolute atomic E-state index is 14.2. The molecule has 0 heterocycles. The summed E-state index contributed by atoms with van der Waals surface area (Å²) in [6.07, 6.45) is 8.29. The van der Waals surface area contributed by atoms with E-state index in [1.54, 1.807) is 19.9 Å². The summed E-state index contributed by atoms with van der Waals surface area (Å²) in [7, 11) is 3.78. The van der Waals surface area contributed by atoms with Gasteiger partial charge in [0.2, 0.25) is 59.1 Å². The quantitative estimate of drug-likeness (QED) is 0.0314. The molecule has 0 spiro atoms. The number of amides is 10. The molecule has 80 heavy (non-hydrogen) atoms. The Balaban J connectivity index is 6.37. The van der Waals surface area contributed by atoms with Crippen LogP contribution in [0.3, 0.4) is 0 Å². The van der Waals surface area contributed by atoms with E-state index >= 15 is 0 Å². The highest BCUT2D eigenvalue weighted by Gasteiger charge is 2.41. The largest absolute Gasteiger partial charge is 0.390 e. The van der Waals surface area contributed by atoms with Gasteiger partial charge in [0.05, 0.1) is 6.10 Å². The van der Waals surface area contributed by atoms with E-state index in [0.29, 0.717) is 13.0 Å². The zero-order valence-electron chi connectivity index (χ0n) is 52.2. The van der Waals surface area contributed by atoms with Crippen LogP contribution in [0, 0.1) is 23.7 Å². The maximum atomic E-state index is 14.2. The fourth-order valence-electron chi connectivity index (χ4n) is 8.21. The van der Waals surface area contributed by atoms with Crippen LogP contribution >= 0.6 is 0 Å². The fraction of sp³-hybridized carbons (Fsp3) is 0.793. The van der Waals surface area contributed by atoms with Crippen molar-refractivity contribution in [3.8, 4) is 0 Å². The number of carbonyl (C=O) groups excluding carboxylic acids is 10. The van der Waals surface area contributed by atoms with Gasteiger partial charge >= 0.3 is 0 Å². The Kier molecular flexibility index (Phi) is 33.4. The van der Waals surface area contributed by atoms with Crippen LogP contribution in [0.1, 0.15) is 188 Å². The number of hydrogen-bond acceptors (Lipinski definition) is 12. The van der Waals surface area contributed by atoms with Gasteiger partial charge in [-0.2, -0.15) is 0 Å². The molecular formula is C58H107N11O11. The number of aliphatic hydroxyl groups excluding tert-OH is 1. The molecular weight excluding hydrogens is 1030 g/mol. The third kappa shape index (κ3) is 29.2. The molecule has 0 aliphatic carbocycles. The van der Waals surface area contributed by atoms with E-state index in [9.17, 15) is 53.1 Å². The van der Waals surface area contributed by atoms with E-state index in [2.05, 4.69) is 60.1 Å². The van der Waals surface area contributed by atoms with E-state index in [0.717, 1.165) is 38.5 Å². The summed E-state index contributed by atoms with van der Waals surface area (Å²) < 4.78 is 0. The summed E-state index contributed by atoms with van der Waals surface area (Å²) in [6.45, 7) is 29.3. The highest BCUT2D eigenvalue weighted by atomic mass is 16.3. The van der Waals surface area contributed by atoms with Crippen molar-refractivity contribution in [2.45, 2.75) is 247 Å². The standard InChI is InChI=1S/C58H107N11O11/c1-20-22-23-24-25-26-27-41(62-48(73)40(11)61-44(70)29-28-38(9)21-2)49(74)65-46(47(72)37(7)8)52(77)67-57(14,15)54(79)64-42(32-35(3)4)50(75)63-43(33-36(5)6)51(76)66-58(16,17)55(80)68-56(12,13)53(78)59-31-30-45(71)60-39(10)34-69(18)19/h28-29,35-43,46-47,72H,20-27,30-34H2,1-19H3,(H,59,78)(H,60,71)(H,61,70)(H,62,73)(H,63,75)(H,64,79)(H,65,74)(H,66,76)(H,67,77)(H,68,80)/b29-28+. The lowest BCUT2D eigenvalue weighted by molar-refractivity contribution is -0.140. The first-order valence-corrected chi connectivity index (χ1v) is 29.0. The minimum Gasteiger partial charge on any atom is -0.390 e. The Labute approximate surface area is 479 Å². The highest BCUT2D eigenvalue weighted by Crippen LogP contribution is 2.17. The molecule has 22 nitrogen and oxygen atoms in total. The molecule has 11 N–H and O–H groups in total. The van der Waals surface area contributed by atoms with E-state index in [1.165, 1.54) is 54.5 Å². The van der Waals surface area contributed by atoms with Crippen molar-refractivity contribution < 1.29 is 53.1 Å². The summed E-state index contributed by atoms with van der Waals surface area (Å²) in [5.74, 6) is -7.21. The SMILES string of the molecule is CCCCCCCCC(NC(=O)C(C)NC(=O)/C=C/C(C)CC)C(=O)NC(C(=O)NC(C)(C)C(=O)NC(CC(C)C)C(=O)NC(CC(C)C)C(=O)NC(C)(C)C(=O)NC(C)(C)C(=O)NCCC(=O)NC(C)CN(C)C)C(O)C(C)C. The van der Waals surface area contributed by atoms with Crippen LogP contribution in [0.4, 0.5) is 0 Å². The summed E-state index contributed by atoms with van der Waals surface area (Å²) in [4.78, 5) is 138. The first-order chi connectivity index (χ1) is 36.9. The molecule has 0 radical (unpaired) electrons. The molecule has 0 aromatic rings. The van der Waals surface area contributed by atoms with E-state index in [4.69, 9.17) is 0 Å². The molecule has 460 valence electrons. The summed E-state index contributed by atoms with van der Waals surface area (Å²) in [6, 6.07) is -6.29. The van der Waals surface area contributed by atoms with Gasteiger partial charge in [0.1, 0.15) is 46.8 Å². The molecule has 8 atom stereocenters. The molecule has 0 aromatic heterocycles. The minimum absolute atomic E-state index is 0.0197. The number of carbonyl (C=O) groups is 10. The van der Waals surface area contributed by atoms with Crippen molar-refractivity contribution in [1.82, 2.24) is 58.1 Å². The maximum Gasteiger partial charge on any atom is 0.246 e. The van der Waals surface area contributed by atoms with E-state index in [-0.39, 0.29) is 61.9 Å². The Morgan fingerprint density at radius 2 is 1.04 bits per heavy atom.